The van der Waals surface area contributed by atoms with Gasteiger partial charge in [-0.1, -0.05) is 0 Å². The minimum Gasteiger partial charge on any atom is -0.289 e. The summed E-state index contributed by atoms with van der Waals surface area (Å²) in [7, 11) is -1.51. The van der Waals surface area contributed by atoms with Crippen molar-refractivity contribution in [1.82, 2.24) is 9.78 Å². The third kappa shape index (κ3) is 4.57. The molecule has 1 aromatic carbocycles. The first kappa shape index (κ1) is 15.0. The minimum absolute atomic E-state index is 0.162. The SMILES string of the molecule is Cn1cc(C=CC(=O)c2ccc(NS(C)(=O)=O)cc2)cn1. The van der Waals surface area contributed by atoms with Crippen LogP contribution in [-0.4, -0.2) is 30.2 Å². The second-order valence-electron chi connectivity index (χ2n) is 4.60. The van der Waals surface area contributed by atoms with Crippen molar-refractivity contribution in [3.8, 4) is 0 Å². The molecule has 0 amide bonds. The van der Waals surface area contributed by atoms with E-state index in [1.807, 2.05) is 0 Å². The largest absolute Gasteiger partial charge is 0.289 e. The summed E-state index contributed by atoms with van der Waals surface area (Å²) >= 11 is 0. The molecule has 2 aromatic rings. The first-order valence-electron chi connectivity index (χ1n) is 6.12. The second kappa shape index (κ2) is 5.92. The van der Waals surface area contributed by atoms with E-state index in [2.05, 4.69) is 9.82 Å². The number of carbonyl (C=O) groups is 1. The molecule has 0 saturated carbocycles. The van der Waals surface area contributed by atoms with E-state index in [0.717, 1.165) is 11.8 Å². The number of hydrogen-bond donors (Lipinski definition) is 1. The Morgan fingerprint density at radius 1 is 1.29 bits per heavy atom. The van der Waals surface area contributed by atoms with Gasteiger partial charge in [-0.3, -0.25) is 14.2 Å². The number of nitrogens with one attached hydrogen (secondary N) is 1. The molecule has 1 heterocycles. The Kier molecular flexibility index (Phi) is 4.23. The van der Waals surface area contributed by atoms with Gasteiger partial charge in [0.25, 0.3) is 0 Å². The zero-order chi connectivity index (χ0) is 15.5. The summed E-state index contributed by atoms with van der Waals surface area (Å²) in [6, 6.07) is 6.24. The highest BCUT2D eigenvalue weighted by Crippen LogP contribution is 2.12. The van der Waals surface area contributed by atoms with Gasteiger partial charge in [-0.2, -0.15) is 5.10 Å². The summed E-state index contributed by atoms with van der Waals surface area (Å²) in [6.45, 7) is 0. The molecule has 1 N–H and O–H groups in total. The van der Waals surface area contributed by atoms with Crippen molar-refractivity contribution in [2.75, 3.05) is 11.0 Å². The molecule has 0 aliphatic carbocycles. The van der Waals surface area contributed by atoms with E-state index in [9.17, 15) is 13.2 Å². The number of benzene rings is 1. The number of rotatable bonds is 5. The van der Waals surface area contributed by atoms with E-state index >= 15 is 0 Å². The molecule has 0 bridgehead atoms. The molecular weight excluding hydrogens is 290 g/mol. The summed E-state index contributed by atoms with van der Waals surface area (Å²) in [6.07, 6.45) is 7.66. The van der Waals surface area contributed by atoms with E-state index in [0.29, 0.717) is 11.3 Å². The van der Waals surface area contributed by atoms with Crippen LogP contribution in [0, 0.1) is 0 Å². The molecule has 21 heavy (non-hydrogen) atoms. The van der Waals surface area contributed by atoms with Crippen LogP contribution < -0.4 is 4.72 Å². The van der Waals surface area contributed by atoms with Crippen LogP contribution in [0.25, 0.3) is 6.08 Å². The van der Waals surface area contributed by atoms with Crippen LogP contribution >= 0.6 is 0 Å². The van der Waals surface area contributed by atoms with Gasteiger partial charge in [0.05, 0.1) is 12.5 Å². The predicted molar refractivity (Wildman–Crippen MR) is 81.5 cm³/mol. The first-order chi connectivity index (χ1) is 9.83. The van der Waals surface area contributed by atoms with Crippen LogP contribution in [-0.2, 0) is 17.1 Å². The van der Waals surface area contributed by atoms with E-state index in [4.69, 9.17) is 0 Å². The molecule has 0 unspecified atom stereocenters. The van der Waals surface area contributed by atoms with E-state index in [1.165, 1.54) is 6.08 Å². The summed E-state index contributed by atoms with van der Waals surface area (Å²) in [5, 5.41) is 4.00. The summed E-state index contributed by atoms with van der Waals surface area (Å²) in [5.41, 5.74) is 1.74. The number of anilines is 1. The van der Waals surface area contributed by atoms with Crippen LogP contribution in [0.15, 0.2) is 42.7 Å². The lowest BCUT2D eigenvalue weighted by Gasteiger charge is -2.03. The van der Waals surface area contributed by atoms with Crippen LogP contribution in [0.4, 0.5) is 5.69 Å². The fourth-order valence-electron chi connectivity index (χ4n) is 1.71. The standard InChI is InChI=1S/C14H15N3O3S/c1-17-10-11(9-15-17)3-8-14(18)12-4-6-13(7-5-12)16-21(2,19)20/h3-10,16H,1-2H3. The quantitative estimate of drug-likeness (QED) is 0.673. The maximum Gasteiger partial charge on any atom is 0.229 e. The molecule has 1 aromatic heterocycles. The highest BCUT2D eigenvalue weighted by molar-refractivity contribution is 7.92. The van der Waals surface area contributed by atoms with Crippen LogP contribution in [0.2, 0.25) is 0 Å². The molecule has 0 saturated heterocycles. The lowest BCUT2D eigenvalue weighted by Crippen LogP contribution is -2.09. The van der Waals surface area contributed by atoms with Gasteiger partial charge in [0.15, 0.2) is 5.78 Å². The predicted octanol–water partition coefficient (Wildman–Crippen LogP) is 1.69. The third-order valence-electron chi connectivity index (χ3n) is 2.62. The molecule has 7 heteroatoms. The average molecular weight is 305 g/mol. The Bertz CT molecular complexity index is 774. The summed E-state index contributed by atoms with van der Waals surface area (Å²) in [5.74, 6) is -0.162. The number of hydrogen-bond acceptors (Lipinski definition) is 4. The van der Waals surface area contributed by atoms with Gasteiger partial charge in [-0.15, -0.1) is 0 Å². The molecule has 110 valence electrons. The minimum atomic E-state index is -3.31. The lowest BCUT2D eigenvalue weighted by atomic mass is 10.1. The smallest absolute Gasteiger partial charge is 0.229 e. The number of aromatic nitrogens is 2. The maximum absolute atomic E-state index is 12.0. The Labute approximate surface area is 123 Å². The van der Waals surface area contributed by atoms with Crippen molar-refractivity contribution >= 4 is 27.6 Å². The van der Waals surface area contributed by atoms with Gasteiger partial charge in [0, 0.05) is 30.1 Å². The number of aryl methyl sites for hydroxylation is 1. The van der Waals surface area contributed by atoms with Crippen molar-refractivity contribution in [3.05, 3.63) is 53.9 Å². The zero-order valence-electron chi connectivity index (χ0n) is 11.6. The molecule has 0 atom stereocenters. The second-order valence-corrected chi connectivity index (χ2v) is 6.34. The van der Waals surface area contributed by atoms with Crippen molar-refractivity contribution in [3.63, 3.8) is 0 Å². The van der Waals surface area contributed by atoms with Gasteiger partial charge >= 0.3 is 0 Å². The highest BCUT2D eigenvalue weighted by Gasteiger charge is 2.04. The maximum atomic E-state index is 12.0. The fourth-order valence-corrected chi connectivity index (χ4v) is 2.28. The molecule has 0 radical (unpaired) electrons. The average Bonchev–Trinajstić information content (AvgIpc) is 2.81. The zero-order valence-corrected chi connectivity index (χ0v) is 12.5. The monoisotopic (exact) mass is 305 g/mol. The van der Waals surface area contributed by atoms with Crippen molar-refractivity contribution < 1.29 is 13.2 Å². The van der Waals surface area contributed by atoms with E-state index in [1.54, 1.807) is 54.5 Å². The van der Waals surface area contributed by atoms with E-state index in [-0.39, 0.29) is 5.78 Å². The first-order valence-corrected chi connectivity index (χ1v) is 8.01. The van der Waals surface area contributed by atoms with Crippen molar-refractivity contribution in [2.45, 2.75) is 0 Å². The Morgan fingerprint density at radius 3 is 2.48 bits per heavy atom. The van der Waals surface area contributed by atoms with Crippen LogP contribution in [0.3, 0.4) is 0 Å². The Hall–Kier alpha value is -2.41. The molecule has 0 aliphatic rings. The number of sulfonamides is 1. The number of carbonyl (C=O) groups excluding carboxylic acids is 1. The number of nitrogens with zero attached hydrogens (tertiary/aromatic N) is 2. The van der Waals surface area contributed by atoms with Crippen LogP contribution in [0.5, 0.6) is 0 Å². The van der Waals surface area contributed by atoms with Gasteiger partial charge < -0.3 is 0 Å². The van der Waals surface area contributed by atoms with Crippen LogP contribution in [0.1, 0.15) is 15.9 Å². The number of ketones is 1. The van der Waals surface area contributed by atoms with Gasteiger partial charge in [-0.25, -0.2) is 8.42 Å². The summed E-state index contributed by atoms with van der Waals surface area (Å²) in [4.78, 5) is 12.0. The van der Waals surface area contributed by atoms with E-state index < -0.39 is 10.0 Å². The van der Waals surface area contributed by atoms with Gasteiger partial charge in [0.1, 0.15) is 0 Å². The molecule has 2 rings (SSSR count). The molecule has 0 spiro atoms. The van der Waals surface area contributed by atoms with Crippen molar-refractivity contribution in [1.29, 1.82) is 0 Å². The molecular formula is C14H15N3O3S. The molecule has 6 nitrogen and oxygen atoms in total. The molecule has 0 fully saturated rings. The van der Waals surface area contributed by atoms with Gasteiger partial charge in [0.2, 0.25) is 10.0 Å². The Morgan fingerprint density at radius 2 is 1.95 bits per heavy atom. The van der Waals surface area contributed by atoms with Gasteiger partial charge in [-0.05, 0) is 36.4 Å². The third-order valence-corrected chi connectivity index (χ3v) is 3.23. The fraction of sp³-hybridized carbons (Fsp3) is 0.143. The highest BCUT2D eigenvalue weighted by atomic mass is 32.2. The number of allylic oxidation sites excluding steroid dienone is 1. The Balaban J connectivity index is 2.08. The molecule has 0 aliphatic heterocycles. The van der Waals surface area contributed by atoms with Crippen molar-refractivity contribution in [2.24, 2.45) is 7.05 Å². The summed E-state index contributed by atoms with van der Waals surface area (Å²) < 4.78 is 26.2. The lowest BCUT2D eigenvalue weighted by molar-refractivity contribution is 0.104. The topological polar surface area (TPSA) is 81.1 Å². The normalized spacial score (nSPS) is 11.7.